The maximum atomic E-state index is 11.6. The second kappa shape index (κ2) is 4.65. The van der Waals surface area contributed by atoms with Crippen molar-refractivity contribution in [3.05, 3.63) is 18.0 Å². The van der Waals surface area contributed by atoms with Crippen molar-refractivity contribution < 1.29 is 18.3 Å². The van der Waals surface area contributed by atoms with Crippen LogP contribution in [0.1, 0.15) is 12.5 Å². The average Bonchev–Trinajstić information content (AvgIpc) is 2.48. The number of carbonyl (C=O) groups is 1. The summed E-state index contributed by atoms with van der Waals surface area (Å²) in [6, 6.07) is 0. The molecule has 0 radical (unpaired) electrons. The lowest BCUT2D eigenvalue weighted by Crippen LogP contribution is -2.21. The van der Waals surface area contributed by atoms with Crippen LogP contribution in [-0.2, 0) is 27.4 Å². The fourth-order valence-electron chi connectivity index (χ4n) is 1.31. The van der Waals surface area contributed by atoms with Crippen LogP contribution in [0, 0.1) is 5.92 Å². The summed E-state index contributed by atoms with van der Waals surface area (Å²) >= 11 is 0. The van der Waals surface area contributed by atoms with Gasteiger partial charge in [0.15, 0.2) is 9.84 Å². The summed E-state index contributed by atoms with van der Waals surface area (Å²) in [5.74, 6) is -2.51. The Morgan fingerprint density at radius 1 is 1.62 bits per heavy atom. The number of nitrogens with zero attached hydrogens (tertiary/aromatic N) is 2. The molecule has 1 heterocycles. The van der Waals surface area contributed by atoms with Crippen molar-refractivity contribution in [2.24, 2.45) is 13.0 Å². The molecular weight excluding hydrogens is 232 g/mol. The van der Waals surface area contributed by atoms with E-state index in [0.717, 1.165) is 0 Å². The summed E-state index contributed by atoms with van der Waals surface area (Å²) in [5, 5.41) is 12.5. The van der Waals surface area contributed by atoms with Crippen LogP contribution in [0.2, 0.25) is 0 Å². The molecule has 1 N–H and O–H groups in total. The SMILES string of the molecule is CC(CS(=O)(=O)Cc1cnn(C)c1)C(=O)O. The van der Waals surface area contributed by atoms with E-state index in [0.29, 0.717) is 5.56 Å². The lowest BCUT2D eigenvalue weighted by molar-refractivity contribution is -0.140. The molecule has 1 atom stereocenters. The predicted octanol–water partition coefficient (Wildman–Crippen LogP) is 0.0556. The fourth-order valence-corrected chi connectivity index (χ4v) is 2.99. The second-order valence-corrected chi connectivity index (χ2v) is 5.93. The van der Waals surface area contributed by atoms with E-state index in [1.54, 1.807) is 13.2 Å². The maximum Gasteiger partial charge on any atom is 0.307 e. The van der Waals surface area contributed by atoms with Gasteiger partial charge in [0.25, 0.3) is 0 Å². The highest BCUT2D eigenvalue weighted by molar-refractivity contribution is 7.90. The van der Waals surface area contributed by atoms with Gasteiger partial charge in [-0.1, -0.05) is 6.92 Å². The number of aryl methyl sites for hydroxylation is 1. The van der Waals surface area contributed by atoms with Crippen LogP contribution in [0.3, 0.4) is 0 Å². The van der Waals surface area contributed by atoms with Gasteiger partial charge in [-0.2, -0.15) is 5.10 Å². The standard InChI is InChI=1S/C9H14N2O4S/c1-7(9(12)13)5-16(14,15)6-8-3-10-11(2)4-8/h3-4,7H,5-6H2,1-2H3,(H,12,13). The van der Waals surface area contributed by atoms with Gasteiger partial charge in [-0.05, 0) is 0 Å². The molecule has 90 valence electrons. The summed E-state index contributed by atoms with van der Waals surface area (Å²) in [6.45, 7) is 1.38. The minimum atomic E-state index is -3.40. The largest absolute Gasteiger partial charge is 0.481 e. The van der Waals surface area contributed by atoms with Crippen molar-refractivity contribution >= 4 is 15.8 Å². The molecule has 0 spiro atoms. The Labute approximate surface area is 93.8 Å². The first-order chi connectivity index (χ1) is 7.30. The molecule has 0 aliphatic rings. The molecule has 16 heavy (non-hydrogen) atoms. The Hall–Kier alpha value is -1.37. The molecule has 1 aromatic heterocycles. The minimum absolute atomic E-state index is 0.168. The summed E-state index contributed by atoms with van der Waals surface area (Å²) in [7, 11) is -1.71. The Morgan fingerprint density at radius 2 is 2.25 bits per heavy atom. The number of carboxylic acids is 1. The molecule has 0 saturated heterocycles. The molecule has 0 bridgehead atoms. The number of aliphatic carboxylic acids is 1. The molecule has 1 aromatic rings. The predicted molar refractivity (Wildman–Crippen MR) is 57.5 cm³/mol. The lowest BCUT2D eigenvalue weighted by Gasteiger charge is -2.06. The van der Waals surface area contributed by atoms with Gasteiger partial charge >= 0.3 is 5.97 Å². The molecular formula is C9H14N2O4S. The maximum absolute atomic E-state index is 11.6. The molecule has 0 amide bonds. The van der Waals surface area contributed by atoms with Crippen LogP contribution >= 0.6 is 0 Å². The lowest BCUT2D eigenvalue weighted by atomic mass is 10.2. The van der Waals surface area contributed by atoms with E-state index in [4.69, 9.17) is 5.11 Å². The zero-order valence-corrected chi connectivity index (χ0v) is 9.94. The summed E-state index contributed by atoms with van der Waals surface area (Å²) < 4.78 is 24.8. The van der Waals surface area contributed by atoms with Gasteiger partial charge in [0.2, 0.25) is 0 Å². The Kier molecular flexibility index (Phi) is 3.69. The van der Waals surface area contributed by atoms with Crippen molar-refractivity contribution in [1.29, 1.82) is 0 Å². The van der Waals surface area contributed by atoms with Gasteiger partial charge in [-0.25, -0.2) is 8.42 Å². The van der Waals surface area contributed by atoms with Crippen LogP contribution in [-0.4, -0.2) is 35.0 Å². The zero-order chi connectivity index (χ0) is 12.3. The number of aromatic nitrogens is 2. The van der Waals surface area contributed by atoms with E-state index >= 15 is 0 Å². The van der Waals surface area contributed by atoms with E-state index in [9.17, 15) is 13.2 Å². The molecule has 6 nitrogen and oxygen atoms in total. The number of rotatable bonds is 5. The third-order valence-corrected chi connectivity index (χ3v) is 3.85. The molecule has 0 saturated carbocycles. The van der Waals surface area contributed by atoms with E-state index in [-0.39, 0.29) is 11.5 Å². The van der Waals surface area contributed by atoms with E-state index < -0.39 is 21.7 Å². The van der Waals surface area contributed by atoms with Crippen molar-refractivity contribution in [1.82, 2.24) is 9.78 Å². The first-order valence-electron chi connectivity index (χ1n) is 4.71. The molecule has 0 aromatic carbocycles. The third-order valence-electron chi connectivity index (χ3n) is 2.07. The summed E-state index contributed by atoms with van der Waals surface area (Å²) in [5.41, 5.74) is 0.570. The molecule has 1 rings (SSSR count). The normalized spacial score (nSPS) is 13.6. The van der Waals surface area contributed by atoms with Crippen LogP contribution in [0.25, 0.3) is 0 Å². The van der Waals surface area contributed by atoms with E-state index in [1.165, 1.54) is 17.8 Å². The number of sulfone groups is 1. The van der Waals surface area contributed by atoms with Gasteiger partial charge < -0.3 is 5.11 Å². The average molecular weight is 246 g/mol. The van der Waals surface area contributed by atoms with Gasteiger partial charge in [-0.15, -0.1) is 0 Å². The van der Waals surface area contributed by atoms with Crippen LogP contribution < -0.4 is 0 Å². The van der Waals surface area contributed by atoms with Crippen LogP contribution in [0.4, 0.5) is 0 Å². The van der Waals surface area contributed by atoms with Gasteiger partial charge in [0.1, 0.15) is 0 Å². The second-order valence-electron chi connectivity index (χ2n) is 3.82. The van der Waals surface area contributed by atoms with Crippen molar-refractivity contribution in [3.8, 4) is 0 Å². The minimum Gasteiger partial charge on any atom is -0.481 e. The van der Waals surface area contributed by atoms with Crippen LogP contribution in [0.5, 0.6) is 0 Å². The highest BCUT2D eigenvalue weighted by atomic mass is 32.2. The molecule has 0 fully saturated rings. The summed E-state index contributed by atoms with van der Waals surface area (Å²) in [6.07, 6.45) is 3.06. The molecule has 0 aliphatic carbocycles. The molecule has 1 unspecified atom stereocenters. The van der Waals surface area contributed by atoms with Gasteiger partial charge in [-0.3, -0.25) is 9.48 Å². The monoisotopic (exact) mass is 246 g/mol. The Balaban J connectivity index is 2.69. The van der Waals surface area contributed by atoms with Crippen molar-refractivity contribution in [2.75, 3.05) is 5.75 Å². The fraction of sp³-hybridized carbons (Fsp3) is 0.556. The topological polar surface area (TPSA) is 89.3 Å². The summed E-state index contributed by atoms with van der Waals surface area (Å²) in [4.78, 5) is 10.6. The molecule has 7 heteroatoms. The van der Waals surface area contributed by atoms with Crippen molar-refractivity contribution in [2.45, 2.75) is 12.7 Å². The smallest absolute Gasteiger partial charge is 0.307 e. The van der Waals surface area contributed by atoms with Gasteiger partial charge in [0.05, 0.1) is 23.6 Å². The third kappa shape index (κ3) is 3.65. The van der Waals surface area contributed by atoms with Crippen LogP contribution in [0.15, 0.2) is 12.4 Å². The van der Waals surface area contributed by atoms with Gasteiger partial charge in [0, 0.05) is 18.8 Å². The first kappa shape index (κ1) is 12.7. The van der Waals surface area contributed by atoms with E-state index in [1.807, 2.05) is 0 Å². The quantitative estimate of drug-likeness (QED) is 0.793. The number of carboxylic acid groups (broad SMARTS) is 1. The van der Waals surface area contributed by atoms with Crippen molar-refractivity contribution in [3.63, 3.8) is 0 Å². The Morgan fingerprint density at radius 3 is 2.69 bits per heavy atom. The van der Waals surface area contributed by atoms with E-state index in [2.05, 4.69) is 5.10 Å². The zero-order valence-electron chi connectivity index (χ0n) is 9.12. The number of hydrogen-bond acceptors (Lipinski definition) is 4. The first-order valence-corrected chi connectivity index (χ1v) is 6.53. The highest BCUT2D eigenvalue weighted by Crippen LogP contribution is 2.09. The number of hydrogen-bond donors (Lipinski definition) is 1. The highest BCUT2D eigenvalue weighted by Gasteiger charge is 2.21. The molecule has 0 aliphatic heterocycles. The Bertz CT molecular complexity index is 477.